The Kier molecular flexibility index (Phi) is 6.35. The lowest BCUT2D eigenvalue weighted by Gasteiger charge is -2.08. The second kappa shape index (κ2) is 9.40. The van der Waals surface area contributed by atoms with Crippen LogP contribution in [0.2, 0.25) is 0 Å². The number of benzene rings is 2. The number of halogens is 1. The molecule has 0 saturated heterocycles. The number of amides is 1. The summed E-state index contributed by atoms with van der Waals surface area (Å²) in [5.41, 5.74) is 2.40. The van der Waals surface area contributed by atoms with Gasteiger partial charge >= 0.3 is 0 Å². The van der Waals surface area contributed by atoms with Crippen molar-refractivity contribution in [3.05, 3.63) is 83.5 Å². The largest absolute Gasteiger partial charge is 0.354 e. The Labute approximate surface area is 199 Å². The zero-order chi connectivity index (χ0) is 25.2. The van der Waals surface area contributed by atoms with Crippen LogP contribution in [0.3, 0.4) is 0 Å². The number of nitrogens with zero attached hydrogens (tertiary/aromatic N) is 4. The Bertz CT molecular complexity index is 1600. The maximum Gasteiger partial charge on any atom is 0.266 e. The molecular formula is C23H19FN6O4S. The molecule has 0 radical (unpaired) electrons. The normalized spacial score (nSPS) is 11.2. The minimum absolute atomic E-state index is 0.0385. The van der Waals surface area contributed by atoms with E-state index in [2.05, 4.69) is 26.9 Å². The highest BCUT2D eigenvalue weighted by molar-refractivity contribution is 7.92. The van der Waals surface area contributed by atoms with E-state index in [1.54, 1.807) is 36.1 Å². The number of fused-ring (bicyclic) bond motifs is 1. The first-order valence-corrected chi connectivity index (χ1v) is 11.7. The maximum atomic E-state index is 14.0. The molecule has 35 heavy (non-hydrogen) atoms. The molecule has 0 atom stereocenters. The molecule has 0 aliphatic rings. The molecule has 4 aromatic rings. The predicted molar refractivity (Wildman–Crippen MR) is 124 cm³/mol. The Morgan fingerprint density at radius 2 is 2.06 bits per heavy atom. The monoisotopic (exact) mass is 494 g/mol. The highest BCUT2D eigenvalue weighted by atomic mass is 32.2. The summed E-state index contributed by atoms with van der Waals surface area (Å²) in [6.07, 6.45) is 3.33. The second-order valence-electron chi connectivity index (χ2n) is 7.67. The fraction of sp³-hybridized carbons (Fsp3) is 0.130. The van der Waals surface area contributed by atoms with Gasteiger partial charge in [-0.2, -0.15) is 10.4 Å². The van der Waals surface area contributed by atoms with Gasteiger partial charge in [0.1, 0.15) is 22.4 Å². The van der Waals surface area contributed by atoms with Crippen molar-refractivity contribution < 1.29 is 22.1 Å². The number of rotatable bonds is 8. The number of carbonyl (C=O) groups is 1. The van der Waals surface area contributed by atoms with Crippen LogP contribution in [0.5, 0.6) is 0 Å². The molecule has 2 N–H and O–H groups in total. The fourth-order valence-electron chi connectivity index (χ4n) is 3.46. The van der Waals surface area contributed by atoms with E-state index < -0.39 is 26.6 Å². The van der Waals surface area contributed by atoms with Crippen molar-refractivity contribution in [2.24, 2.45) is 0 Å². The quantitative estimate of drug-likeness (QED) is 0.283. The molecule has 0 spiro atoms. The van der Waals surface area contributed by atoms with Crippen molar-refractivity contribution in [3.63, 3.8) is 0 Å². The van der Waals surface area contributed by atoms with E-state index >= 15 is 0 Å². The summed E-state index contributed by atoms with van der Waals surface area (Å²) in [6, 6.07) is 10.3. The first kappa shape index (κ1) is 23.7. The van der Waals surface area contributed by atoms with Crippen LogP contribution >= 0.6 is 0 Å². The molecule has 1 amide bonds. The van der Waals surface area contributed by atoms with E-state index in [1.807, 2.05) is 6.07 Å². The van der Waals surface area contributed by atoms with Crippen LogP contribution in [-0.2, 0) is 27.9 Å². The maximum absolute atomic E-state index is 14.0. The predicted octanol–water partition coefficient (Wildman–Crippen LogP) is 3.02. The van der Waals surface area contributed by atoms with Crippen molar-refractivity contribution >= 4 is 32.7 Å². The van der Waals surface area contributed by atoms with Crippen LogP contribution in [0.1, 0.15) is 16.7 Å². The van der Waals surface area contributed by atoms with Gasteiger partial charge in [0, 0.05) is 18.3 Å². The number of sulfonamides is 1. The molecule has 10 nitrogen and oxygen atoms in total. The molecular weight excluding hydrogens is 475 g/mol. The van der Waals surface area contributed by atoms with Crippen LogP contribution in [-0.4, -0.2) is 29.3 Å². The van der Waals surface area contributed by atoms with Crippen molar-refractivity contribution in [2.45, 2.75) is 24.9 Å². The minimum atomic E-state index is -4.21. The third-order valence-electron chi connectivity index (χ3n) is 5.08. The van der Waals surface area contributed by atoms with Crippen LogP contribution < -0.4 is 10.0 Å². The average molecular weight is 495 g/mol. The summed E-state index contributed by atoms with van der Waals surface area (Å²) < 4.78 is 48.6. The first-order valence-electron chi connectivity index (χ1n) is 10.2. The summed E-state index contributed by atoms with van der Waals surface area (Å²) in [7, 11) is -4.21. The van der Waals surface area contributed by atoms with Crippen LogP contribution in [0.15, 0.2) is 70.4 Å². The molecule has 0 aliphatic heterocycles. The van der Waals surface area contributed by atoms with Crippen molar-refractivity contribution in [3.8, 4) is 6.07 Å². The molecule has 0 aliphatic carbocycles. The zero-order valence-corrected chi connectivity index (χ0v) is 19.3. The SMILES string of the molecule is C=C(C#N)C(=O)NCc1cnn(Cc2cc(C)c3c(NS(=O)(=O)c4ccccc4F)noc3c2)c1. The summed E-state index contributed by atoms with van der Waals surface area (Å²) in [6.45, 7) is 5.68. The van der Waals surface area contributed by atoms with Crippen LogP contribution in [0.25, 0.3) is 11.0 Å². The third kappa shape index (κ3) is 5.04. The summed E-state index contributed by atoms with van der Waals surface area (Å²) >= 11 is 0. The highest BCUT2D eigenvalue weighted by Gasteiger charge is 2.23. The zero-order valence-electron chi connectivity index (χ0n) is 18.4. The second-order valence-corrected chi connectivity index (χ2v) is 9.32. The Morgan fingerprint density at radius 3 is 2.80 bits per heavy atom. The average Bonchev–Trinajstić information content (AvgIpc) is 3.43. The lowest BCUT2D eigenvalue weighted by atomic mass is 10.1. The number of nitriles is 1. The summed E-state index contributed by atoms with van der Waals surface area (Å²) in [4.78, 5) is 11.2. The van der Waals surface area contributed by atoms with Gasteiger partial charge in [-0.25, -0.2) is 12.8 Å². The van der Waals surface area contributed by atoms with E-state index in [9.17, 15) is 17.6 Å². The fourth-order valence-corrected chi connectivity index (χ4v) is 4.55. The molecule has 178 valence electrons. The molecule has 2 aromatic heterocycles. The molecule has 0 saturated carbocycles. The van der Waals surface area contributed by atoms with Crippen molar-refractivity contribution in [1.82, 2.24) is 20.3 Å². The van der Waals surface area contributed by atoms with E-state index in [4.69, 9.17) is 9.78 Å². The molecule has 12 heteroatoms. The topological polar surface area (TPSA) is 143 Å². The van der Waals surface area contributed by atoms with Gasteiger partial charge in [0.2, 0.25) is 0 Å². The van der Waals surface area contributed by atoms with Crippen molar-refractivity contribution in [2.75, 3.05) is 4.72 Å². The number of hydrogen-bond acceptors (Lipinski definition) is 7. The van der Waals surface area contributed by atoms with E-state index in [1.165, 1.54) is 12.1 Å². The van der Waals surface area contributed by atoms with Gasteiger partial charge < -0.3 is 9.84 Å². The number of anilines is 1. The third-order valence-corrected chi connectivity index (χ3v) is 6.45. The van der Waals surface area contributed by atoms with Gasteiger partial charge in [-0.3, -0.25) is 14.2 Å². The number of nitrogens with one attached hydrogen (secondary N) is 2. The van der Waals surface area contributed by atoms with E-state index in [0.29, 0.717) is 23.1 Å². The van der Waals surface area contributed by atoms with Gasteiger partial charge in [0.25, 0.3) is 15.9 Å². The number of aromatic nitrogens is 3. The molecule has 2 heterocycles. The number of aryl methyl sites for hydroxylation is 1. The van der Waals surface area contributed by atoms with E-state index in [0.717, 1.165) is 23.3 Å². The van der Waals surface area contributed by atoms with Gasteiger partial charge in [0.05, 0.1) is 18.1 Å². The van der Waals surface area contributed by atoms with Gasteiger partial charge in [-0.05, 0) is 36.2 Å². The lowest BCUT2D eigenvalue weighted by molar-refractivity contribution is -0.117. The van der Waals surface area contributed by atoms with Crippen molar-refractivity contribution in [1.29, 1.82) is 5.26 Å². The summed E-state index contributed by atoms with van der Waals surface area (Å²) in [5, 5.41) is 19.8. The van der Waals surface area contributed by atoms with Crippen LogP contribution in [0.4, 0.5) is 10.2 Å². The Balaban J connectivity index is 1.51. The smallest absolute Gasteiger partial charge is 0.266 e. The van der Waals surface area contributed by atoms with Gasteiger partial charge in [-0.1, -0.05) is 29.9 Å². The van der Waals surface area contributed by atoms with E-state index in [-0.39, 0.29) is 17.9 Å². The molecule has 0 bridgehead atoms. The Morgan fingerprint density at radius 1 is 1.29 bits per heavy atom. The summed E-state index contributed by atoms with van der Waals surface area (Å²) in [5.74, 6) is -1.46. The molecule has 0 fully saturated rings. The lowest BCUT2D eigenvalue weighted by Crippen LogP contribution is -2.23. The van der Waals surface area contributed by atoms with Gasteiger partial charge in [-0.15, -0.1) is 0 Å². The number of hydrogen-bond donors (Lipinski definition) is 2. The standard InChI is InChI=1S/C23H19FN6O4S/c1-14-7-16(12-30-13-17(11-27-30)10-26-23(31)15(2)9-25)8-19-21(14)22(28-34-19)29-35(32,33)20-6-4-3-5-18(20)24/h3-8,11,13H,2,10,12H2,1H3,(H,26,31)(H,28,29). The first-order chi connectivity index (χ1) is 16.7. The Hall–Kier alpha value is -4.50. The number of carbonyl (C=O) groups excluding carboxylic acids is 1. The van der Waals surface area contributed by atoms with Crippen LogP contribution in [0, 0.1) is 24.1 Å². The van der Waals surface area contributed by atoms with Gasteiger partial charge in [0.15, 0.2) is 11.4 Å². The molecule has 0 unspecified atom stereocenters. The molecule has 4 rings (SSSR count). The highest BCUT2D eigenvalue weighted by Crippen LogP contribution is 2.30. The minimum Gasteiger partial charge on any atom is -0.354 e. The molecule has 2 aromatic carbocycles.